The summed E-state index contributed by atoms with van der Waals surface area (Å²) in [5, 5.41) is 4.67. The van der Waals surface area contributed by atoms with Crippen molar-refractivity contribution in [1.82, 2.24) is 15.3 Å². The van der Waals surface area contributed by atoms with Crippen LogP contribution in [0.5, 0.6) is 5.75 Å². The standard InChI is InChI=1S/C17H27NO.C11H13N3/c1-14-8-10-16(11-9-14)13-18-12-15(2)19-17-6-4-3-5-7-17;1-8-12-10-7-5-4-6-9(10)11(13-8)14(2)3/h3-7,14-16,18H,8-13H2,1-2H3;4-7H,1-3H3. The lowest BCUT2D eigenvalue weighted by Gasteiger charge is -2.26. The van der Waals surface area contributed by atoms with Crippen molar-refractivity contribution in [1.29, 1.82) is 0 Å². The molecule has 1 saturated carbocycles. The van der Waals surface area contributed by atoms with Crippen LogP contribution in [-0.4, -0.2) is 43.3 Å². The van der Waals surface area contributed by atoms with E-state index in [0.717, 1.165) is 53.2 Å². The summed E-state index contributed by atoms with van der Waals surface area (Å²) in [4.78, 5) is 10.8. The van der Waals surface area contributed by atoms with Gasteiger partial charge in [-0.15, -0.1) is 0 Å². The van der Waals surface area contributed by atoms with Crippen LogP contribution in [0.4, 0.5) is 5.82 Å². The van der Waals surface area contributed by atoms with E-state index in [9.17, 15) is 0 Å². The Kier molecular flexibility index (Phi) is 9.49. The Morgan fingerprint density at radius 2 is 1.64 bits per heavy atom. The van der Waals surface area contributed by atoms with Crippen molar-refractivity contribution in [2.75, 3.05) is 32.1 Å². The fourth-order valence-corrected chi connectivity index (χ4v) is 4.31. The molecule has 0 radical (unpaired) electrons. The minimum absolute atomic E-state index is 0.227. The van der Waals surface area contributed by atoms with Gasteiger partial charge >= 0.3 is 0 Å². The quantitative estimate of drug-likeness (QED) is 0.489. The normalized spacial score (nSPS) is 18.8. The summed E-state index contributed by atoms with van der Waals surface area (Å²) in [5.41, 5.74) is 1.00. The lowest BCUT2D eigenvalue weighted by atomic mass is 9.83. The van der Waals surface area contributed by atoms with Gasteiger partial charge in [-0.1, -0.05) is 50.1 Å². The van der Waals surface area contributed by atoms with Crippen LogP contribution in [0.25, 0.3) is 10.9 Å². The predicted octanol–water partition coefficient (Wildman–Crippen LogP) is 5.87. The highest BCUT2D eigenvalue weighted by molar-refractivity contribution is 5.89. The maximum Gasteiger partial charge on any atom is 0.139 e. The first-order valence-corrected chi connectivity index (χ1v) is 12.3. The summed E-state index contributed by atoms with van der Waals surface area (Å²) in [7, 11) is 3.99. The number of benzene rings is 2. The number of hydrogen-bond acceptors (Lipinski definition) is 5. The number of rotatable bonds is 7. The number of nitrogens with one attached hydrogen (secondary N) is 1. The molecule has 0 amide bonds. The number of para-hydroxylation sites is 2. The first-order chi connectivity index (χ1) is 15.9. The van der Waals surface area contributed by atoms with Gasteiger partial charge in [-0.2, -0.15) is 0 Å². The molecule has 1 aliphatic rings. The number of aromatic nitrogens is 2. The van der Waals surface area contributed by atoms with Crippen LogP contribution in [0, 0.1) is 18.8 Å². The maximum atomic E-state index is 5.86. The van der Waals surface area contributed by atoms with E-state index in [1.165, 1.54) is 25.7 Å². The van der Waals surface area contributed by atoms with Crippen LogP contribution in [0.3, 0.4) is 0 Å². The molecule has 0 bridgehead atoms. The number of anilines is 1. The molecule has 5 nitrogen and oxygen atoms in total. The fraction of sp³-hybridized carbons (Fsp3) is 0.500. The van der Waals surface area contributed by atoms with Crippen molar-refractivity contribution in [2.24, 2.45) is 11.8 Å². The van der Waals surface area contributed by atoms with Crippen molar-refractivity contribution < 1.29 is 4.74 Å². The molecule has 0 saturated heterocycles. The van der Waals surface area contributed by atoms with Crippen molar-refractivity contribution in [3.05, 3.63) is 60.4 Å². The molecule has 33 heavy (non-hydrogen) atoms. The third-order valence-electron chi connectivity index (χ3n) is 6.20. The average Bonchev–Trinajstić information content (AvgIpc) is 2.81. The molecule has 1 aliphatic carbocycles. The van der Waals surface area contributed by atoms with E-state index in [4.69, 9.17) is 4.74 Å². The zero-order valence-corrected chi connectivity index (χ0v) is 20.9. The molecule has 0 aliphatic heterocycles. The molecule has 178 valence electrons. The number of aryl methyl sites for hydroxylation is 1. The summed E-state index contributed by atoms with van der Waals surface area (Å²) in [5.74, 6) is 4.57. The minimum atomic E-state index is 0.227. The van der Waals surface area contributed by atoms with Gasteiger partial charge in [0, 0.05) is 26.0 Å². The maximum absolute atomic E-state index is 5.86. The Balaban J connectivity index is 0.000000194. The average molecular weight is 449 g/mol. The molecule has 2 aromatic carbocycles. The molecule has 4 rings (SSSR count). The molecule has 0 spiro atoms. The van der Waals surface area contributed by atoms with Gasteiger partial charge in [0.15, 0.2) is 0 Å². The van der Waals surface area contributed by atoms with E-state index < -0.39 is 0 Å². The summed E-state index contributed by atoms with van der Waals surface area (Å²) in [6.07, 6.45) is 5.82. The fourth-order valence-electron chi connectivity index (χ4n) is 4.31. The molecular weight excluding hydrogens is 408 g/mol. The van der Waals surface area contributed by atoms with Gasteiger partial charge in [0.2, 0.25) is 0 Å². The zero-order chi connectivity index (χ0) is 23.6. The van der Waals surface area contributed by atoms with E-state index in [2.05, 4.69) is 29.1 Å². The Morgan fingerprint density at radius 3 is 2.33 bits per heavy atom. The third-order valence-corrected chi connectivity index (χ3v) is 6.20. The molecule has 3 aromatic rings. The van der Waals surface area contributed by atoms with E-state index in [1.54, 1.807) is 0 Å². The molecule has 1 N–H and O–H groups in total. The second-order valence-electron chi connectivity index (χ2n) is 9.53. The summed E-state index contributed by atoms with van der Waals surface area (Å²) in [6, 6.07) is 18.1. The van der Waals surface area contributed by atoms with Crippen molar-refractivity contribution >= 4 is 16.7 Å². The molecule has 1 aromatic heterocycles. The first-order valence-electron chi connectivity index (χ1n) is 12.3. The molecule has 1 heterocycles. The number of ether oxygens (including phenoxy) is 1. The number of nitrogens with zero attached hydrogens (tertiary/aromatic N) is 3. The topological polar surface area (TPSA) is 50.3 Å². The second kappa shape index (κ2) is 12.5. The van der Waals surface area contributed by atoms with Gasteiger partial charge in [0.1, 0.15) is 23.5 Å². The van der Waals surface area contributed by atoms with E-state index >= 15 is 0 Å². The van der Waals surface area contributed by atoms with Gasteiger partial charge in [-0.25, -0.2) is 9.97 Å². The Morgan fingerprint density at radius 1 is 0.970 bits per heavy atom. The van der Waals surface area contributed by atoms with Crippen LogP contribution in [0.1, 0.15) is 45.4 Å². The van der Waals surface area contributed by atoms with E-state index in [0.29, 0.717) is 0 Å². The summed E-state index contributed by atoms with van der Waals surface area (Å²) in [6.45, 7) is 8.50. The van der Waals surface area contributed by atoms with Gasteiger partial charge < -0.3 is 15.0 Å². The van der Waals surface area contributed by atoms with E-state index in [1.807, 2.05) is 80.5 Å². The minimum Gasteiger partial charge on any atom is -0.489 e. The van der Waals surface area contributed by atoms with Gasteiger partial charge in [-0.3, -0.25) is 0 Å². The van der Waals surface area contributed by atoms with Crippen LogP contribution in [0.2, 0.25) is 0 Å². The Labute approximate surface area is 199 Å². The van der Waals surface area contributed by atoms with Gasteiger partial charge in [0.25, 0.3) is 0 Å². The van der Waals surface area contributed by atoms with Crippen LogP contribution >= 0.6 is 0 Å². The molecule has 1 unspecified atom stereocenters. The predicted molar refractivity (Wildman–Crippen MR) is 139 cm³/mol. The molecule has 1 fully saturated rings. The molecule has 1 atom stereocenters. The van der Waals surface area contributed by atoms with Crippen molar-refractivity contribution in [3.63, 3.8) is 0 Å². The van der Waals surface area contributed by atoms with Crippen LogP contribution in [0.15, 0.2) is 54.6 Å². The monoisotopic (exact) mass is 448 g/mol. The SMILES string of the molecule is CC1CCC(CNCC(C)Oc2ccccc2)CC1.Cc1nc(N(C)C)c2ccccc2n1. The Bertz CT molecular complexity index is 968. The van der Waals surface area contributed by atoms with Gasteiger partial charge in [-0.05, 0) is 69.3 Å². The highest BCUT2D eigenvalue weighted by Gasteiger charge is 2.17. The first kappa shape index (κ1) is 25.0. The lowest BCUT2D eigenvalue weighted by Crippen LogP contribution is -2.33. The molecular formula is C28H40N4O. The summed E-state index contributed by atoms with van der Waals surface area (Å²) >= 11 is 0. The number of fused-ring (bicyclic) bond motifs is 1. The third kappa shape index (κ3) is 8.01. The molecule has 5 heteroatoms. The highest BCUT2D eigenvalue weighted by Crippen LogP contribution is 2.27. The summed E-state index contributed by atoms with van der Waals surface area (Å²) < 4.78 is 5.86. The zero-order valence-electron chi connectivity index (χ0n) is 20.9. The van der Waals surface area contributed by atoms with Gasteiger partial charge in [0.05, 0.1) is 5.52 Å². The Hall–Kier alpha value is -2.66. The van der Waals surface area contributed by atoms with Crippen LogP contribution < -0.4 is 15.0 Å². The van der Waals surface area contributed by atoms with E-state index in [-0.39, 0.29) is 6.10 Å². The largest absolute Gasteiger partial charge is 0.489 e. The van der Waals surface area contributed by atoms with Crippen molar-refractivity contribution in [2.45, 2.75) is 52.6 Å². The second-order valence-corrected chi connectivity index (χ2v) is 9.53. The van der Waals surface area contributed by atoms with Crippen molar-refractivity contribution in [3.8, 4) is 5.75 Å². The highest BCUT2D eigenvalue weighted by atomic mass is 16.5. The lowest BCUT2D eigenvalue weighted by molar-refractivity contribution is 0.208. The smallest absolute Gasteiger partial charge is 0.139 e. The number of hydrogen-bond donors (Lipinski definition) is 1. The van der Waals surface area contributed by atoms with Crippen LogP contribution in [-0.2, 0) is 0 Å².